The molecule has 8 nitrogen and oxygen atoms in total. The fourth-order valence-electron chi connectivity index (χ4n) is 2.41. The highest BCUT2D eigenvalue weighted by Crippen LogP contribution is 2.28. The molecule has 0 radical (unpaired) electrons. The lowest BCUT2D eigenvalue weighted by Gasteiger charge is -2.12. The summed E-state index contributed by atoms with van der Waals surface area (Å²) in [5.74, 6) is -0.602. The second kappa shape index (κ2) is 8.13. The Hall–Kier alpha value is -3.34. The summed E-state index contributed by atoms with van der Waals surface area (Å²) in [5.41, 5.74) is 1.44. The van der Waals surface area contributed by atoms with Crippen LogP contribution in [0.1, 0.15) is 20.8 Å². The van der Waals surface area contributed by atoms with Crippen molar-refractivity contribution in [3.63, 3.8) is 0 Å². The number of rotatable bonds is 7. The van der Waals surface area contributed by atoms with Crippen LogP contribution in [0.3, 0.4) is 0 Å². The van der Waals surface area contributed by atoms with E-state index >= 15 is 0 Å². The molecule has 0 saturated heterocycles. The van der Waals surface area contributed by atoms with Gasteiger partial charge in [0, 0.05) is 0 Å². The number of carbonyl (C=O) groups is 1. The molecule has 3 rings (SSSR count). The van der Waals surface area contributed by atoms with Gasteiger partial charge >= 0.3 is 12.3 Å². The Kier molecular flexibility index (Phi) is 5.64. The Morgan fingerprint density at radius 1 is 1.43 bits per heavy atom. The first-order valence-corrected chi connectivity index (χ1v) is 8.81. The van der Waals surface area contributed by atoms with Crippen LogP contribution in [0.25, 0.3) is 0 Å². The summed E-state index contributed by atoms with van der Waals surface area (Å²) in [6, 6.07) is 6.17. The molecule has 28 heavy (non-hydrogen) atoms. The predicted octanol–water partition coefficient (Wildman–Crippen LogP) is 4.06. The monoisotopic (exact) mass is 408 g/mol. The number of halogens is 2. The highest BCUT2D eigenvalue weighted by Gasteiger charge is 2.16. The lowest BCUT2D eigenvalue weighted by molar-refractivity contribution is -0.385. The molecular weight excluding hydrogens is 394 g/mol. The molecule has 0 aliphatic heterocycles. The van der Waals surface area contributed by atoms with E-state index in [0.717, 1.165) is 23.1 Å². The number of hydrogen-bond donors (Lipinski definition) is 1. The van der Waals surface area contributed by atoms with Gasteiger partial charge < -0.3 is 10.1 Å². The third-order valence-corrected chi connectivity index (χ3v) is 4.63. The van der Waals surface area contributed by atoms with Gasteiger partial charge in [0.05, 0.1) is 22.0 Å². The largest absolute Gasteiger partial charge is 0.433 e. The number of nitrogens with one attached hydrogen (secondary N) is 1. The van der Waals surface area contributed by atoms with Crippen molar-refractivity contribution in [2.45, 2.75) is 20.1 Å². The second-order valence-electron chi connectivity index (χ2n) is 5.80. The van der Waals surface area contributed by atoms with Crippen molar-refractivity contribution in [2.24, 2.45) is 0 Å². The van der Waals surface area contributed by atoms with Gasteiger partial charge in [-0.3, -0.25) is 19.6 Å². The van der Waals surface area contributed by atoms with Crippen LogP contribution in [0.5, 0.6) is 5.75 Å². The number of amides is 1. The first-order chi connectivity index (χ1) is 13.3. The van der Waals surface area contributed by atoms with E-state index in [1.807, 2.05) is 0 Å². The molecule has 3 aromatic rings. The molecule has 146 valence electrons. The molecule has 0 bridgehead atoms. The predicted molar refractivity (Wildman–Crippen MR) is 98.1 cm³/mol. The Morgan fingerprint density at radius 3 is 2.89 bits per heavy atom. The molecule has 0 aliphatic carbocycles. The van der Waals surface area contributed by atoms with Crippen LogP contribution in [0.2, 0.25) is 0 Å². The van der Waals surface area contributed by atoms with Gasteiger partial charge in [0.15, 0.2) is 0 Å². The van der Waals surface area contributed by atoms with E-state index in [2.05, 4.69) is 15.2 Å². The first-order valence-electron chi connectivity index (χ1n) is 7.93. The lowest BCUT2D eigenvalue weighted by atomic mass is 10.2. The number of thiophene rings is 1. The van der Waals surface area contributed by atoms with E-state index in [-0.39, 0.29) is 23.7 Å². The SMILES string of the molecule is Cc1ccc(NC(=O)c2cc(Cn3cc([N+](=O)[O-])cn3)cs2)c(OC(F)F)c1. The standard InChI is InChI=1S/C17H14F2N4O4S/c1-10-2-3-13(14(4-10)27-17(18)19)21-16(24)15-5-11(9-28-15)7-22-8-12(6-20-22)23(25)26/h2-6,8-9,17H,7H2,1H3,(H,21,24). The molecule has 1 aromatic carbocycles. The average Bonchev–Trinajstić information content (AvgIpc) is 3.27. The zero-order chi connectivity index (χ0) is 20.3. The summed E-state index contributed by atoms with van der Waals surface area (Å²) in [7, 11) is 0. The highest BCUT2D eigenvalue weighted by molar-refractivity contribution is 7.12. The minimum absolute atomic E-state index is 0.121. The van der Waals surface area contributed by atoms with Crippen LogP contribution in [-0.2, 0) is 6.54 Å². The number of ether oxygens (including phenoxy) is 1. The van der Waals surface area contributed by atoms with Gasteiger partial charge in [0.25, 0.3) is 5.91 Å². The number of nitro groups is 1. The summed E-state index contributed by atoms with van der Waals surface area (Å²) >= 11 is 1.16. The van der Waals surface area contributed by atoms with Crippen molar-refractivity contribution in [3.05, 3.63) is 68.2 Å². The van der Waals surface area contributed by atoms with Gasteiger partial charge in [-0.25, -0.2) is 0 Å². The minimum Gasteiger partial charge on any atom is -0.433 e. The molecule has 2 heterocycles. The highest BCUT2D eigenvalue weighted by atomic mass is 32.1. The molecule has 0 atom stereocenters. The zero-order valence-electron chi connectivity index (χ0n) is 14.5. The van der Waals surface area contributed by atoms with E-state index in [9.17, 15) is 23.7 Å². The van der Waals surface area contributed by atoms with Crippen molar-refractivity contribution >= 4 is 28.6 Å². The Morgan fingerprint density at radius 2 is 2.21 bits per heavy atom. The van der Waals surface area contributed by atoms with E-state index < -0.39 is 17.4 Å². The Labute approximate surface area is 161 Å². The number of aryl methyl sites for hydroxylation is 1. The number of hydrogen-bond acceptors (Lipinski definition) is 6. The maximum Gasteiger partial charge on any atom is 0.387 e. The lowest BCUT2D eigenvalue weighted by Crippen LogP contribution is -2.13. The van der Waals surface area contributed by atoms with Gasteiger partial charge in [-0.1, -0.05) is 6.07 Å². The van der Waals surface area contributed by atoms with E-state index in [1.165, 1.54) is 23.0 Å². The molecule has 0 fully saturated rings. The van der Waals surface area contributed by atoms with E-state index in [4.69, 9.17) is 0 Å². The normalized spacial score (nSPS) is 10.9. The molecule has 1 N–H and O–H groups in total. The van der Waals surface area contributed by atoms with Crippen molar-refractivity contribution < 1.29 is 23.2 Å². The second-order valence-corrected chi connectivity index (χ2v) is 6.72. The summed E-state index contributed by atoms with van der Waals surface area (Å²) in [6.45, 7) is -1.04. The van der Waals surface area contributed by atoms with Crippen LogP contribution >= 0.6 is 11.3 Å². The first kappa shape index (κ1) is 19.4. The molecular formula is C17H14F2N4O4S. The van der Waals surface area contributed by atoms with Crippen LogP contribution in [-0.4, -0.2) is 27.2 Å². The molecule has 0 unspecified atom stereocenters. The summed E-state index contributed by atoms with van der Waals surface area (Å²) in [6.07, 6.45) is 2.43. The topological polar surface area (TPSA) is 99.3 Å². The summed E-state index contributed by atoms with van der Waals surface area (Å²) in [5, 5.41) is 18.9. The van der Waals surface area contributed by atoms with Gasteiger partial charge in [-0.05, 0) is 41.6 Å². The smallest absolute Gasteiger partial charge is 0.387 e. The van der Waals surface area contributed by atoms with Gasteiger partial charge in [0.2, 0.25) is 0 Å². The molecule has 0 spiro atoms. The van der Waals surface area contributed by atoms with E-state index in [1.54, 1.807) is 24.4 Å². The van der Waals surface area contributed by atoms with Crippen molar-refractivity contribution in [1.82, 2.24) is 9.78 Å². The maximum absolute atomic E-state index is 12.6. The molecule has 1 amide bonds. The summed E-state index contributed by atoms with van der Waals surface area (Å²) in [4.78, 5) is 22.9. The van der Waals surface area contributed by atoms with Crippen LogP contribution < -0.4 is 10.1 Å². The summed E-state index contributed by atoms with van der Waals surface area (Å²) < 4.78 is 31.0. The van der Waals surface area contributed by atoms with Gasteiger partial charge in [-0.2, -0.15) is 13.9 Å². The Balaban J connectivity index is 1.71. The quantitative estimate of drug-likeness (QED) is 0.469. The average molecular weight is 408 g/mol. The fraction of sp³-hybridized carbons (Fsp3) is 0.176. The van der Waals surface area contributed by atoms with Crippen molar-refractivity contribution in [3.8, 4) is 5.75 Å². The van der Waals surface area contributed by atoms with Crippen LogP contribution in [0, 0.1) is 17.0 Å². The molecule has 11 heteroatoms. The minimum atomic E-state index is -3.01. The van der Waals surface area contributed by atoms with Crippen molar-refractivity contribution in [1.29, 1.82) is 0 Å². The zero-order valence-corrected chi connectivity index (χ0v) is 15.3. The van der Waals surface area contributed by atoms with Crippen molar-refractivity contribution in [2.75, 3.05) is 5.32 Å². The molecule has 2 aromatic heterocycles. The third-order valence-electron chi connectivity index (χ3n) is 3.65. The maximum atomic E-state index is 12.6. The number of nitrogens with zero attached hydrogens (tertiary/aromatic N) is 3. The number of alkyl halides is 2. The number of benzene rings is 1. The molecule has 0 aliphatic rings. The van der Waals surface area contributed by atoms with Crippen LogP contribution in [0.4, 0.5) is 20.2 Å². The van der Waals surface area contributed by atoms with E-state index in [0.29, 0.717) is 10.4 Å². The Bertz CT molecular complexity index is 1020. The number of carbonyl (C=O) groups excluding carboxylic acids is 1. The van der Waals surface area contributed by atoms with Crippen LogP contribution in [0.15, 0.2) is 42.0 Å². The molecule has 0 saturated carbocycles. The van der Waals surface area contributed by atoms with Gasteiger partial charge in [-0.15, -0.1) is 11.3 Å². The number of anilines is 1. The third kappa shape index (κ3) is 4.68. The fourth-order valence-corrected chi connectivity index (χ4v) is 3.21. The number of aromatic nitrogens is 2. The van der Waals surface area contributed by atoms with Gasteiger partial charge in [0.1, 0.15) is 18.1 Å².